The third-order valence-electron chi connectivity index (χ3n) is 3.82. The lowest BCUT2D eigenvalue weighted by molar-refractivity contribution is 0.0975. The van der Waals surface area contributed by atoms with Crippen molar-refractivity contribution in [1.82, 2.24) is 10.2 Å². The molecule has 0 fully saturated rings. The topological polar surface area (TPSA) is 66.0 Å². The third-order valence-corrected chi connectivity index (χ3v) is 3.82. The molecule has 5 heteroatoms. The highest BCUT2D eigenvalue weighted by Gasteiger charge is 2.14. The first-order valence-corrected chi connectivity index (χ1v) is 7.75. The van der Waals surface area contributed by atoms with Crippen molar-refractivity contribution in [3.63, 3.8) is 0 Å². The van der Waals surface area contributed by atoms with E-state index in [4.69, 9.17) is 0 Å². The maximum absolute atomic E-state index is 13.3. The molecule has 1 aromatic heterocycles. The van der Waals surface area contributed by atoms with E-state index >= 15 is 0 Å². The number of rotatable bonds is 6. The van der Waals surface area contributed by atoms with Gasteiger partial charge >= 0.3 is 0 Å². The van der Waals surface area contributed by atoms with Crippen LogP contribution in [0, 0.1) is 5.82 Å². The van der Waals surface area contributed by atoms with Crippen LogP contribution in [0.5, 0.6) is 5.75 Å². The molecule has 2 N–H and O–H groups in total. The van der Waals surface area contributed by atoms with Gasteiger partial charge in [0.15, 0.2) is 5.78 Å². The van der Waals surface area contributed by atoms with Gasteiger partial charge in [0, 0.05) is 12.0 Å². The Bertz CT molecular complexity index is 844. The number of H-pyrrole nitrogens is 1. The van der Waals surface area contributed by atoms with Gasteiger partial charge in [0.05, 0.1) is 5.69 Å². The van der Waals surface area contributed by atoms with Crippen molar-refractivity contribution < 1.29 is 14.3 Å². The minimum atomic E-state index is -0.471. The molecule has 0 radical (unpaired) electrons. The van der Waals surface area contributed by atoms with Crippen LogP contribution in [0.2, 0.25) is 0 Å². The smallest absolute Gasteiger partial charge is 0.180 e. The number of carbonyl (C=O) groups is 1. The molecular weight excluding hydrogens is 307 g/mol. The quantitative estimate of drug-likeness (QED) is 0.670. The fraction of sp³-hybridized carbons (Fsp3) is 0.158. The van der Waals surface area contributed by atoms with Crippen LogP contribution in [0.25, 0.3) is 11.3 Å². The van der Waals surface area contributed by atoms with Crippen molar-refractivity contribution in [3.8, 4) is 17.0 Å². The summed E-state index contributed by atoms with van der Waals surface area (Å²) in [4.78, 5) is 12.2. The summed E-state index contributed by atoms with van der Waals surface area (Å²) in [7, 11) is 0. The van der Waals surface area contributed by atoms with Crippen LogP contribution in [0.1, 0.15) is 28.9 Å². The minimum absolute atomic E-state index is 0.0550. The Morgan fingerprint density at radius 3 is 2.71 bits per heavy atom. The molecule has 3 aromatic rings. The van der Waals surface area contributed by atoms with E-state index in [0.717, 1.165) is 12.8 Å². The summed E-state index contributed by atoms with van der Waals surface area (Å²) in [5.74, 6) is -0.604. The van der Waals surface area contributed by atoms with Gasteiger partial charge in [-0.05, 0) is 42.7 Å². The first-order valence-electron chi connectivity index (χ1n) is 7.75. The molecule has 0 aliphatic carbocycles. The molecule has 0 saturated heterocycles. The average Bonchev–Trinajstić information content (AvgIpc) is 3.08. The van der Waals surface area contributed by atoms with Gasteiger partial charge in [-0.15, -0.1) is 0 Å². The number of aromatic hydroxyl groups is 1. The minimum Gasteiger partial charge on any atom is -0.507 e. The molecule has 2 aromatic carbocycles. The molecule has 1 heterocycles. The highest BCUT2D eigenvalue weighted by Crippen LogP contribution is 2.28. The van der Waals surface area contributed by atoms with E-state index in [1.54, 1.807) is 6.07 Å². The number of halogens is 1. The molecule has 0 spiro atoms. The summed E-state index contributed by atoms with van der Waals surface area (Å²) in [5, 5.41) is 16.5. The van der Waals surface area contributed by atoms with Crippen LogP contribution in [0.15, 0.2) is 54.6 Å². The number of aryl methyl sites for hydroxylation is 1. The van der Waals surface area contributed by atoms with Gasteiger partial charge in [0.2, 0.25) is 0 Å². The lowest BCUT2D eigenvalue weighted by atomic mass is 10.0. The van der Waals surface area contributed by atoms with Crippen LogP contribution in [0.4, 0.5) is 4.39 Å². The normalized spacial score (nSPS) is 10.7. The number of aromatic amines is 1. The highest BCUT2D eigenvalue weighted by atomic mass is 19.1. The lowest BCUT2D eigenvalue weighted by Gasteiger charge is -2.00. The Morgan fingerprint density at radius 2 is 1.92 bits per heavy atom. The number of nitrogens with zero attached hydrogens (tertiary/aromatic N) is 1. The van der Waals surface area contributed by atoms with Gasteiger partial charge in [-0.1, -0.05) is 30.3 Å². The number of hydrogen-bond acceptors (Lipinski definition) is 3. The molecule has 122 valence electrons. The predicted molar refractivity (Wildman–Crippen MR) is 89.4 cm³/mol. The van der Waals surface area contributed by atoms with E-state index < -0.39 is 5.82 Å². The van der Waals surface area contributed by atoms with Crippen LogP contribution in [-0.2, 0) is 6.42 Å². The van der Waals surface area contributed by atoms with E-state index in [1.807, 2.05) is 30.3 Å². The van der Waals surface area contributed by atoms with Crippen LogP contribution < -0.4 is 0 Å². The third kappa shape index (κ3) is 3.68. The second-order valence-corrected chi connectivity index (χ2v) is 5.59. The second kappa shape index (κ2) is 7.08. The summed E-state index contributed by atoms with van der Waals surface area (Å²) in [6.07, 6.45) is 1.96. The molecule has 0 bridgehead atoms. The summed E-state index contributed by atoms with van der Waals surface area (Å²) in [6, 6.07) is 15.1. The number of benzene rings is 2. The van der Waals surface area contributed by atoms with Crippen LogP contribution in [-0.4, -0.2) is 21.1 Å². The zero-order chi connectivity index (χ0) is 16.9. The fourth-order valence-electron chi connectivity index (χ4n) is 2.55. The fourth-order valence-corrected chi connectivity index (χ4v) is 2.55. The summed E-state index contributed by atoms with van der Waals surface area (Å²) in [6.45, 7) is 0. The number of phenolic OH excluding ortho intramolecular Hbond substituents is 1. The van der Waals surface area contributed by atoms with Gasteiger partial charge in [-0.3, -0.25) is 9.89 Å². The number of carbonyl (C=O) groups excluding carboxylic acids is 1. The van der Waals surface area contributed by atoms with Gasteiger partial charge < -0.3 is 5.11 Å². The Balaban J connectivity index is 1.64. The van der Waals surface area contributed by atoms with Gasteiger partial charge in [-0.2, -0.15) is 5.10 Å². The Kier molecular flexibility index (Phi) is 4.70. The second-order valence-electron chi connectivity index (χ2n) is 5.59. The Labute approximate surface area is 139 Å². The standard InChI is InChI=1S/C19H17FN2O2/c20-14-9-10-18(23)15(11-14)16-12-17(22-21-16)19(24)8-4-7-13-5-2-1-3-6-13/h1-3,5-6,9-12,23H,4,7-8H2,(H,21,22). The zero-order valence-corrected chi connectivity index (χ0v) is 13.0. The number of Topliss-reactive ketones (excluding diaryl/α,β-unsaturated/α-hetero) is 1. The van der Waals surface area contributed by atoms with Crippen LogP contribution in [0.3, 0.4) is 0 Å². The van der Waals surface area contributed by atoms with Gasteiger partial charge in [-0.25, -0.2) is 4.39 Å². The Hall–Kier alpha value is -2.95. The van der Waals surface area contributed by atoms with Crippen molar-refractivity contribution in [2.45, 2.75) is 19.3 Å². The monoisotopic (exact) mass is 324 g/mol. The van der Waals surface area contributed by atoms with Gasteiger partial charge in [0.1, 0.15) is 17.3 Å². The van der Waals surface area contributed by atoms with Crippen molar-refractivity contribution in [3.05, 3.63) is 71.7 Å². The molecule has 0 atom stereocenters. The first-order chi connectivity index (χ1) is 11.6. The van der Waals surface area contributed by atoms with Crippen molar-refractivity contribution in [1.29, 1.82) is 0 Å². The molecule has 0 amide bonds. The number of hydrogen-bond donors (Lipinski definition) is 2. The SMILES string of the molecule is O=C(CCCc1ccccc1)c1cc(-c2cc(F)ccc2O)n[nH]1. The molecule has 0 aliphatic heterocycles. The van der Waals surface area contributed by atoms with Crippen molar-refractivity contribution in [2.75, 3.05) is 0 Å². The average molecular weight is 324 g/mol. The lowest BCUT2D eigenvalue weighted by Crippen LogP contribution is -2.00. The predicted octanol–water partition coefficient (Wildman–Crippen LogP) is 4.13. The van der Waals surface area contributed by atoms with E-state index in [1.165, 1.54) is 23.8 Å². The molecule has 4 nitrogen and oxygen atoms in total. The number of nitrogens with one attached hydrogen (secondary N) is 1. The first kappa shape index (κ1) is 15.9. The molecule has 3 rings (SSSR count). The summed E-state index contributed by atoms with van der Waals surface area (Å²) < 4.78 is 13.3. The summed E-state index contributed by atoms with van der Waals surface area (Å²) in [5.41, 5.74) is 2.16. The maximum atomic E-state index is 13.3. The molecular formula is C19H17FN2O2. The van der Waals surface area contributed by atoms with Crippen LogP contribution >= 0.6 is 0 Å². The number of ketones is 1. The van der Waals surface area contributed by atoms with Crippen molar-refractivity contribution in [2.24, 2.45) is 0 Å². The molecule has 0 unspecified atom stereocenters. The Morgan fingerprint density at radius 1 is 1.12 bits per heavy atom. The molecule has 24 heavy (non-hydrogen) atoms. The highest BCUT2D eigenvalue weighted by molar-refractivity contribution is 5.95. The van der Waals surface area contributed by atoms with E-state index in [2.05, 4.69) is 10.2 Å². The molecule has 0 aliphatic rings. The maximum Gasteiger partial charge on any atom is 0.180 e. The number of phenols is 1. The number of aromatic nitrogens is 2. The van der Waals surface area contributed by atoms with E-state index in [-0.39, 0.29) is 17.1 Å². The van der Waals surface area contributed by atoms with E-state index in [9.17, 15) is 14.3 Å². The van der Waals surface area contributed by atoms with E-state index in [0.29, 0.717) is 17.8 Å². The summed E-state index contributed by atoms with van der Waals surface area (Å²) >= 11 is 0. The largest absolute Gasteiger partial charge is 0.507 e. The zero-order valence-electron chi connectivity index (χ0n) is 13.0. The van der Waals surface area contributed by atoms with Crippen molar-refractivity contribution >= 4 is 5.78 Å². The molecule has 0 saturated carbocycles. The van der Waals surface area contributed by atoms with Gasteiger partial charge in [0.25, 0.3) is 0 Å².